The molecule has 0 fully saturated rings. The van der Waals surface area contributed by atoms with Crippen LogP contribution in [0.4, 0.5) is 0 Å². The minimum atomic E-state index is 0.829. The van der Waals surface area contributed by atoms with Crippen molar-refractivity contribution in [1.29, 1.82) is 0 Å². The maximum absolute atomic E-state index is 2.31. The van der Waals surface area contributed by atoms with Crippen LogP contribution in [0.5, 0.6) is 0 Å². The second-order valence-electron chi connectivity index (χ2n) is 6.99. The molecule has 1 unspecified atom stereocenters. The smallest absolute Gasteiger partial charge is 0.0140 e. The van der Waals surface area contributed by atoms with Crippen molar-refractivity contribution in [1.82, 2.24) is 4.90 Å². The zero-order valence-corrected chi connectivity index (χ0v) is 22.3. The fraction of sp³-hybridized carbons (Fsp3) is 0.789. The molecular weight excluding hydrogens is 393 g/mol. The van der Waals surface area contributed by atoms with E-state index in [9.17, 15) is 0 Å². The summed E-state index contributed by atoms with van der Waals surface area (Å²) < 4.78 is 1.07. The number of thiophene rings is 1. The van der Waals surface area contributed by atoms with Crippen LogP contribution < -0.4 is 0 Å². The average Bonchev–Trinajstić information content (AvgIpc) is 2.94. The van der Waals surface area contributed by atoms with Crippen molar-refractivity contribution < 1.29 is 0 Å². The van der Waals surface area contributed by atoms with Crippen molar-refractivity contribution in [3.63, 3.8) is 0 Å². The quantitative estimate of drug-likeness (QED) is 0.345. The molecule has 0 aromatic carbocycles. The van der Waals surface area contributed by atoms with Gasteiger partial charge >= 0.3 is 131 Å². The first-order valence-corrected chi connectivity index (χ1v) is 13.4. The summed E-state index contributed by atoms with van der Waals surface area (Å²) in [6, 6.07) is 4.50. The molecule has 1 atom stereocenters. The van der Waals surface area contributed by atoms with Crippen LogP contribution in [-0.2, 0) is 6.42 Å². The molecule has 1 heterocycles. The van der Waals surface area contributed by atoms with Gasteiger partial charge in [-0.2, -0.15) is 0 Å². The fourth-order valence-electron chi connectivity index (χ4n) is 2.50. The van der Waals surface area contributed by atoms with Gasteiger partial charge in [-0.15, -0.1) is 0 Å². The Bertz CT molecular complexity index is 308. The molecule has 0 saturated carbocycles. The molecule has 0 aliphatic carbocycles. The van der Waals surface area contributed by atoms with E-state index in [4.69, 9.17) is 0 Å². The first-order valence-electron chi connectivity index (χ1n) is 9.19. The second-order valence-corrected chi connectivity index (χ2v) is 12.7. The van der Waals surface area contributed by atoms with Crippen LogP contribution in [-0.4, -0.2) is 48.6 Å². The Labute approximate surface area is 157 Å². The van der Waals surface area contributed by atoms with E-state index in [0.29, 0.717) is 0 Å². The van der Waals surface area contributed by atoms with Crippen molar-refractivity contribution in [3.8, 4) is 0 Å². The van der Waals surface area contributed by atoms with E-state index < -0.39 is 0 Å². The van der Waals surface area contributed by atoms with Gasteiger partial charge in [-0.25, -0.2) is 0 Å². The normalized spacial score (nSPS) is 12.2. The predicted octanol–water partition coefficient (Wildman–Crippen LogP) is 5.15. The van der Waals surface area contributed by atoms with Crippen molar-refractivity contribution in [3.05, 3.63) is 22.4 Å². The molecule has 22 heavy (non-hydrogen) atoms. The van der Waals surface area contributed by atoms with Crippen LogP contribution in [0, 0.1) is 0 Å². The van der Waals surface area contributed by atoms with Gasteiger partial charge in [0.15, 0.2) is 0 Å². The maximum atomic E-state index is 2.31. The third-order valence-electron chi connectivity index (χ3n) is 3.68. The van der Waals surface area contributed by atoms with Crippen molar-refractivity contribution in [2.45, 2.75) is 75.1 Å². The number of hydrogen-bond donors (Lipinski definition) is 0. The molecule has 3 heteroatoms. The summed E-state index contributed by atoms with van der Waals surface area (Å²) in [5.74, 6) is 0. The Kier molecular flexibility index (Phi) is 16.7. The number of hydrogen-bond acceptors (Lipinski definition) is 2. The van der Waals surface area contributed by atoms with Crippen LogP contribution in [0.3, 0.4) is 0 Å². The fourth-order valence-corrected chi connectivity index (χ4v) is 6.64. The molecule has 1 rings (SSSR count). The first kappa shape index (κ1) is 22.5. The second kappa shape index (κ2) is 16.3. The molecule has 0 aliphatic rings. The number of unbranched alkanes of at least 4 members (excludes halogenated alkanes) is 7. The van der Waals surface area contributed by atoms with Gasteiger partial charge in [-0.1, -0.05) is 0 Å². The van der Waals surface area contributed by atoms with E-state index in [1.165, 1.54) is 64.2 Å². The molecule has 1 aromatic rings. The van der Waals surface area contributed by atoms with E-state index in [-0.39, 0.29) is 0 Å². The topological polar surface area (TPSA) is 3.24 Å². The Hall–Kier alpha value is 0.459. The molecule has 1 aromatic heterocycles. The van der Waals surface area contributed by atoms with Crippen LogP contribution >= 0.6 is 11.3 Å². The molecular formula is C19H39NSSn. The standard InChI is InChI=1S/C16H27S.C3H9N.Sn.3H/c1-2-3-4-5-6-7-8-9-10-11-13-16-14-12-15-17-16;1-4(2)3;;;;/h11-12,14-15H,2-10,13H2,1H3;1-3H3;;;;. The molecule has 1 nitrogen and oxygen atoms in total. The van der Waals surface area contributed by atoms with Crippen LogP contribution in [0.2, 0.25) is 3.93 Å². The minimum absolute atomic E-state index is 0.829. The molecule has 130 valence electrons. The van der Waals surface area contributed by atoms with Crippen LogP contribution in [0.25, 0.3) is 0 Å². The molecule has 0 aliphatic heterocycles. The molecule has 0 bridgehead atoms. The van der Waals surface area contributed by atoms with Gasteiger partial charge in [0.1, 0.15) is 0 Å². The van der Waals surface area contributed by atoms with E-state index in [0.717, 1.165) is 26.5 Å². The van der Waals surface area contributed by atoms with Gasteiger partial charge in [-0.3, -0.25) is 0 Å². The summed E-state index contributed by atoms with van der Waals surface area (Å²) in [6.45, 7) is 2.29. The summed E-state index contributed by atoms with van der Waals surface area (Å²) in [4.78, 5) is 3.61. The van der Waals surface area contributed by atoms with E-state index in [1.807, 2.05) is 37.4 Å². The Morgan fingerprint density at radius 1 is 1.00 bits per heavy atom. The van der Waals surface area contributed by atoms with E-state index in [1.54, 1.807) is 4.88 Å². The van der Waals surface area contributed by atoms with Crippen molar-refractivity contribution in [2.24, 2.45) is 0 Å². The monoisotopic (exact) mass is 433 g/mol. The average molecular weight is 432 g/mol. The van der Waals surface area contributed by atoms with Crippen molar-refractivity contribution >= 4 is 33.9 Å². The third-order valence-corrected chi connectivity index (χ3v) is 7.39. The largest absolute Gasteiger partial charge is 0.312 e. The van der Waals surface area contributed by atoms with Gasteiger partial charge in [0.05, 0.1) is 0 Å². The predicted molar refractivity (Wildman–Crippen MR) is 109 cm³/mol. The molecule has 0 spiro atoms. The van der Waals surface area contributed by atoms with Crippen LogP contribution in [0.1, 0.15) is 69.6 Å². The van der Waals surface area contributed by atoms with E-state index in [2.05, 4.69) is 24.4 Å². The van der Waals surface area contributed by atoms with Gasteiger partial charge in [0.2, 0.25) is 0 Å². The summed E-state index contributed by atoms with van der Waals surface area (Å²) in [5.41, 5.74) is 0. The SMILES string of the molecule is CCCCCCCCCC[CH]([SnH3])Cc1cccs1.CN(C)C. The molecule has 0 N–H and O–H groups in total. The van der Waals surface area contributed by atoms with Crippen molar-refractivity contribution in [2.75, 3.05) is 21.1 Å². The van der Waals surface area contributed by atoms with Gasteiger partial charge in [0, 0.05) is 0 Å². The van der Waals surface area contributed by atoms with Gasteiger partial charge in [0.25, 0.3) is 0 Å². The first-order chi connectivity index (χ1) is 10.6. The molecule has 0 saturated heterocycles. The Morgan fingerprint density at radius 3 is 2.05 bits per heavy atom. The third kappa shape index (κ3) is 16.8. The number of rotatable bonds is 11. The zero-order chi connectivity index (χ0) is 16.6. The summed E-state index contributed by atoms with van der Waals surface area (Å²) >= 11 is 2.77. The van der Waals surface area contributed by atoms with Crippen LogP contribution in [0.15, 0.2) is 17.5 Å². The summed E-state index contributed by atoms with van der Waals surface area (Å²) in [6.07, 6.45) is 14.5. The molecule has 0 radical (unpaired) electrons. The Balaban J connectivity index is 0.000000980. The van der Waals surface area contributed by atoms with Gasteiger partial charge in [-0.05, 0) is 21.1 Å². The number of nitrogens with zero attached hydrogens (tertiary/aromatic N) is 1. The zero-order valence-electron chi connectivity index (χ0n) is 15.7. The van der Waals surface area contributed by atoms with Gasteiger partial charge < -0.3 is 4.90 Å². The summed E-state index contributed by atoms with van der Waals surface area (Å²) in [7, 11) is 6.00. The van der Waals surface area contributed by atoms with E-state index >= 15 is 0 Å². The summed E-state index contributed by atoms with van der Waals surface area (Å²) in [5, 5.41) is 2.22. The molecule has 0 amide bonds. The Morgan fingerprint density at radius 2 is 1.55 bits per heavy atom. The minimum Gasteiger partial charge on any atom is -0.312 e. The maximum Gasteiger partial charge on any atom is -0.0140 e.